The highest BCUT2D eigenvalue weighted by molar-refractivity contribution is 5.27. The Morgan fingerprint density at radius 1 is 1.06 bits per heavy atom. The monoisotopic (exact) mass is 240 g/mol. The Balaban J connectivity index is 2.29. The molecular weight excluding hydrogens is 220 g/mol. The second-order valence-electron chi connectivity index (χ2n) is 4.76. The van der Waals surface area contributed by atoms with Crippen LogP contribution in [0, 0.1) is 6.92 Å². The highest BCUT2D eigenvalue weighted by atomic mass is 14.9. The van der Waals surface area contributed by atoms with E-state index < -0.39 is 0 Å². The largest absolute Gasteiger partial charge is 0.312 e. The number of nitrogens with one attached hydrogen (secondary N) is 1. The molecule has 2 unspecified atom stereocenters. The van der Waals surface area contributed by atoms with Crippen molar-refractivity contribution in [2.75, 3.05) is 7.05 Å². The third-order valence-corrected chi connectivity index (χ3v) is 3.39. The third kappa shape index (κ3) is 2.77. The van der Waals surface area contributed by atoms with Crippen LogP contribution in [0.2, 0.25) is 0 Å². The maximum absolute atomic E-state index is 4.29. The maximum Gasteiger partial charge on any atom is 0.0399 e. The average molecular weight is 240 g/mol. The molecule has 1 heterocycles. The van der Waals surface area contributed by atoms with Crippen molar-refractivity contribution in [1.82, 2.24) is 10.3 Å². The Kier molecular flexibility index (Phi) is 4.11. The predicted octanol–water partition coefficient (Wildman–Crippen LogP) is 3.45. The molecule has 0 aliphatic rings. The zero-order valence-electron chi connectivity index (χ0n) is 11.2. The topological polar surface area (TPSA) is 24.9 Å². The molecule has 0 bridgehead atoms. The van der Waals surface area contributed by atoms with Crippen molar-refractivity contribution in [3.05, 3.63) is 65.5 Å². The Bertz CT molecular complexity index is 493. The summed E-state index contributed by atoms with van der Waals surface area (Å²) in [4.78, 5) is 4.29. The zero-order valence-corrected chi connectivity index (χ0v) is 11.2. The molecule has 0 saturated heterocycles. The molecule has 0 aliphatic heterocycles. The molecule has 1 aromatic carbocycles. The summed E-state index contributed by atoms with van der Waals surface area (Å²) in [7, 11) is 2.01. The van der Waals surface area contributed by atoms with E-state index in [1.165, 1.54) is 16.7 Å². The molecule has 0 aliphatic carbocycles. The number of aromatic nitrogens is 1. The molecule has 0 saturated carbocycles. The second-order valence-corrected chi connectivity index (χ2v) is 4.76. The Morgan fingerprint density at radius 3 is 2.39 bits per heavy atom. The Labute approximate surface area is 109 Å². The van der Waals surface area contributed by atoms with Crippen LogP contribution in [0.5, 0.6) is 0 Å². The van der Waals surface area contributed by atoms with Gasteiger partial charge in [0.2, 0.25) is 0 Å². The molecule has 0 spiro atoms. The Morgan fingerprint density at radius 2 is 1.78 bits per heavy atom. The molecule has 0 amide bonds. The fraction of sp³-hybridized carbons (Fsp3) is 0.312. The van der Waals surface area contributed by atoms with Crippen molar-refractivity contribution < 1.29 is 0 Å². The van der Waals surface area contributed by atoms with Gasteiger partial charge in [-0.05, 0) is 30.7 Å². The van der Waals surface area contributed by atoms with Crippen molar-refractivity contribution in [3.8, 4) is 0 Å². The van der Waals surface area contributed by atoms with Crippen molar-refractivity contribution in [2.24, 2.45) is 0 Å². The molecule has 2 atom stereocenters. The smallest absolute Gasteiger partial charge is 0.0399 e. The predicted molar refractivity (Wildman–Crippen MR) is 75.6 cm³/mol. The van der Waals surface area contributed by atoms with Crippen LogP contribution in [0.15, 0.2) is 48.8 Å². The van der Waals surface area contributed by atoms with Crippen LogP contribution in [-0.2, 0) is 0 Å². The summed E-state index contributed by atoms with van der Waals surface area (Å²) in [5, 5.41) is 3.40. The lowest BCUT2D eigenvalue weighted by atomic mass is 9.89. The third-order valence-electron chi connectivity index (χ3n) is 3.39. The van der Waals surface area contributed by atoms with Crippen LogP contribution in [0.3, 0.4) is 0 Å². The number of benzene rings is 1. The van der Waals surface area contributed by atoms with Gasteiger partial charge in [-0.25, -0.2) is 0 Å². The molecule has 1 aromatic heterocycles. The summed E-state index contributed by atoms with van der Waals surface area (Å²) in [6.45, 7) is 4.33. The quantitative estimate of drug-likeness (QED) is 0.885. The van der Waals surface area contributed by atoms with E-state index in [9.17, 15) is 0 Å². The number of hydrogen-bond donors (Lipinski definition) is 1. The van der Waals surface area contributed by atoms with Gasteiger partial charge in [0.05, 0.1) is 0 Å². The second kappa shape index (κ2) is 5.78. The lowest BCUT2D eigenvalue weighted by molar-refractivity contribution is 0.506. The molecular formula is C16H20N2. The fourth-order valence-corrected chi connectivity index (χ4v) is 2.40. The van der Waals surface area contributed by atoms with E-state index in [-0.39, 0.29) is 0 Å². The Hall–Kier alpha value is -1.67. The van der Waals surface area contributed by atoms with Gasteiger partial charge in [0, 0.05) is 24.4 Å². The molecule has 2 nitrogen and oxygen atoms in total. The minimum Gasteiger partial charge on any atom is -0.312 e. The number of hydrogen-bond acceptors (Lipinski definition) is 2. The van der Waals surface area contributed by atoms with E-state index >= 15 is 0 Å². The van der Waals surface area contributed by atoms with Gasteiger partial charge in [0.25, 0.3) is 0 Å². The van der Waals surface area contributed by atoms with Crippen molar-refractivity contribution >= 4 is 0 Å². The van der Waals surface area contributed by atoms with Crippen LogP contribution in [0.25, 0.3) is 0 Å². The van der Waals surface area contributed by atoms with Gasteiger partial charge in [0.1, 0.15) is 0 Å². The molecule has 2 aromatic rings. The molecule has 1 N–H and O–H groups in total. The molecule has 2 rings (SSSR count). The van der Waals surface area contributed by atoms with E-state index in [2.05, 4.69) is 60.5 Å². The normalized spacial score (nSPS) is 14.2. The number of pyridine rings is 1. The summed E-state index contributed by atoms with van der Waals surface area (Å²) in [5.41, 5.74) is 3.79. The van der Waals surface area contributed by atoms with Gasteiger partial charge in [0.15, 0.2) is 0 Å². The van der Waals surface area contributed by atoms with Gasteiger partial charge >= 0.3 is 0 Å². The first-order valence-corrected chi connectivity index (χ1v) is 6.36. The molecule has 0 radical (unpaired) electrons. The first kappa shape index (κ1) is 12.8. The van der Waals surface area contributed by atoms with Crippen LogP contribution in [0.4, 0.5) is 0 Å². The molecule has 0 fully saturated rings. The van der Waals surface area contributed by atoms with Crippen LogP contribution in [-0.4, -0.2) is 12.0 Å². The summed E-state index contributed by atoms with van der Waals surface area (Å²) in [5.74, 6) is 0.416. The molecule has 18 heavy (non-hydrogen) atoms. The first-order valence-electron chi connectivity index (χ1n) is 6.36. The van der Waals surface area contributed by atoms with Gasteiger partial charge in [-0.2, -0.15) is 0 Å². The standard InChI is InChI=1S/C16H20N2/c1-12-9-15(11-18-10-12)16(17-3)13(2)14-7-5-4-6-8-14/h4-11,13,16-17H,1-3H3. The highest BCUT2D eigenvalue weighted by Crippen LogP contribution is 2.29. The zero-order chi connectivity index (χ0) is 13.0. The van der Waals surface area contributed by atoms with E-state index in [4.69, 9.17) is 0 Å². The SMILES string of the molecule is CNC(c1cncc(C)c1)C(C)c1ccccc1. The molecule has 2 heteroatoms. The average Bonchev–Trinajstić information content (AvgIpc) is 2.40. The van der Waals surface area contributed by atoms with Crippen molar-refractivity contribution in [2.45, 2.75) is 25.8 Å². The number of nitrogens with zero attached hydrogens (tertiary/aromatic N) is 1. The summed E-state index contributed by atoms with van der Waals surface area (Å²) in [6, 6.07) is 13.1. The van der Waals surface area contributed by atoms with Crippen LogP contribution in [0.1, 0.15) is 35.6 Å². The lowest BCUT2D eigenvalue weighted by Gasteiger charge is -2.24. The first-order chi connectivity index (χ1) is 8.72. The summed E-state index contributed by atoms with van der Waals surface area (Å²) in [6.07, 6.45) is 3.84. The summed E-state index contributed by atoms with van der Waals surface area (Å²) >= 11 is 0. The van der Waals surface area contributed by atoms with Gasteiger partial charge in [-0.15, -0.1) is 0 Å². The van der Waals surface area contributed by atoms with Crippen molar-refractivity contribution in [3.63, 3.8) is 0 Å². The van der Waals surface area contributed by atoms with Crippen molar-refractivity contribution in [1.29, 1.82) is 0 Å². The van der Waals surface area contributed by atoms with Crippen LogP contribution >= 0.6 is 0 Å². The highest BCUT2D eigenvalue weighted by Gasteiger charge is 2.19. The fourth-order valence-electron chi connectivity index (χ4n) is 2.40. The van der Waals surface area contributed by atoms with Gasteiger partial charge < -0.3 is 5.32 Å². The molecule has 94 valence electrons. The van der Waals surface area contributed by atoms with E-state index in [1.54, 1.807) is 0 Å². The van der Waals surface area contributed by atoms with E-state index in [1.807, 2.05) is 19.4 Å². The van der Waals surface area contributed by atoms with Crippen LogP contribution < -0.4 is 5.32 Å². The lowest BCUT2D eigenvalue weighted by Crippen LogP contribution is -2.22. The minimum absolute atomic E-state index is 0.291. The summed E-state index contributed by atoms with van der Waals surface area (Å²) < 4.78 is 0. The van der Waals surface area contributed by atoms with E-state index in [0.717, 1.165) is 0 Å². The minimum atomic E-state index is 0.291. The number of likely N-dealkylation sites (N-methyl/N-ethyl adjacent to an activating group) is 1. The maximum atomic E-state index is 4.29. The van der Waals surface area contributed by atoms with E-state index in [0.29, 0.717) is 12.0 Å². The number of aryl methyl sites for hydroxylation is 1. The number of rotatable bonds is 4. The van der Waals surface area contributed by atoms with Gasteiger partial charge in [-0.3, -0.25) is 4.98 Å². The van der Waals surface area contributed by atoms with Gasteiger partial charge in [-0.1, -0.05) is 43.3 Å².